The molecule has 0 aromatic rings. The second kappa shape index (κ2) is 8.48. The van der Waals surface area contributed by atoms with Crippen molar-refractivity contribution in [3.8, 4) is 0 Å². The predicted molar refractivity (Wildman–Crippen MR) is 75.6 cm³/mol. The summed E-state index contributed by atoms with van der Waals surface area (Å²) in [6.45, 7) is 8.14. The Morgan fingerprint density at radius 2 is 2.00 bits per heavy atom. The average Bonchev–Trinajstić information content (AvgIpc) is 2.42. The summed E-state index contributed by atoms with van der Waals surface area (Å²) in [4.78, 5) is 14.2. The molecule has 0 aliphatic carbocycles. The van der Waals surface area contributed by atoms with Gasteiger partial charge in [0.15, 0.2) is 0 Å². The Labute approximate surface area is 111 Å². The van der Waals surface area contributed by atoms with Gasteiger partial charge in [0.05, 0.1) is 6.04 Å². The smallest absolute Gasteiger partial charge is 0.237 e. The van der Waals surface area contributed by atoms with Gasteiger partial charge in [0.25, 0.3) is 0 Å². The summed E-state index contributed by atoms with van der Waals surface area (Å²) in [6, 6.07) is 0.0294. The monoisotopic (exact) mass is 255 g/mol. The second-order valence-corrected chi connectivity index (χ2v) is 5.34. The number of hydrogen-bond acceptors (Lipinski definition) is 3. The van der Waals surface area contributed by atoms with Crippen LogP contribution in [-0.4, -0.2) is 50.1 Å². The predicted octanol–water partition coefficient (Wildman–Crippen LogP) is 1.22. The first kappa shape index (κ1) is 15.4. The normalized spacial score (nSPS) is 19.7. The Balaban J connectivity index is 2.26. The number of carbonyl (C=O) groups excluding carboxylic acids is 1. The molecule has 0 spiro atoms. The van der Waals surface area contributed by atoms with Crippen molar-refractivity contribution in [3.63, 3.8) is 0 Å². The molecular weight excluding hydrogens is 226 g/mol. The highest BCUT2D eigenvalue weighted by Gasteiger charge is 2.25. The van der Waals surface area contributed by atoms with E-state index in [0.29, 0.717) is 0 Å². The summed E-state index contributed by atoms with van der Waals surface area (Å²) < 4.78 is 0. The number of likely N-dealkylation sites (tertiary alicyclic amines) is 1. The quantitative estimate of drug-likeness (QED) is 0.719. The van der Waals surface area contributed by atoms with Crippen molar-refractivity contribution in [1.29, 1.82) is 0 Å². The standard InChI is InChI=1S/C14H29N3O/c1-4-8-16-14(18)12(2)17-10-6-13(7-11-17)5-9-15-3/h12-13,15H,4-11H2,1-3H3,(H,16,18). The van der Waals surface area contributed by atoms with Crippen molar-refractivity contribution >= 4 is 5.91 Å². The minimum absolute atomic E-state index is 0.0294. The van der Waals surface area contributed by atoms with Crippen LogP contribution in [0.25, 0.3) is 0 Å². The third-order valence-electron chi connectivity index (χ3n) is 3.93. The van der Waals surface area contributed by atoms with Gasteiger partial charge in [-0.05, 0) is 65.2 Å². The molecule has 0 radical (unpaired) electrons. The third kappa shape index (κ3) is 4.94. The Morgan fingerprint density at radius 1 is 1.33 bits per heavy atom. The van der Waals surface area contributed by atoms with Gasteiger partial charge in [0.1, 0.15) is 0 Å². The van der Waals surface area contributed by atoms with E-state index in [1.807, 2.05) is 14.0 Å². The molecule has 18 heavy (non-hydrogen) atoms. The number of amides is 1. The summed E-state index contributed by atoms with van der Waals surface area (Å²) in [6.07, 6.45) is 4.73. The third-order valence-corrected chi connectivity index (χ3v) is 3.93. The van der Waals surface area contributed by atoms with Gasteiger partial charge in [0.2, 0.25) is 5.91 Å². The van der Waals surface area contributed by atoms with Gasteiger partial charge in [-0.15, -0.1) is 0 Å². The van der Waals surface area contributed by atoms with Crippen LogP contribution in [0.3, 0.4) is 0 Å². The van der Waals surface area contributed by atoms with E-state index in [1.54, 1.807) is 0 Å². The number of carbonyl (C=O) groups is 1. The molecule has 1 rings (SSSR count). The van der Waals surface area contributed by atoms with Crippen LogP contribution in [0.4, 0.5) is 0 Å². The largest absolute Gasteiger partial charge is 0.355 e. The van der Waals surface area contributed by atoms with Gasteiger partial charge in [-0.25, -0.2) is 0 Å². The molecule has 0 aromatic heterocycles. The highest BCUT2D eigenvalue weighted by atomic mass is 16.2. The van der Waals surface area contributed by atoms with Gasteiger partial charge in [-0.2, -0.15) is 0 Å². The first-order chi connectivity index (χ1) is 8.69. The Bertz CT molecular complexity index is 237. The van der Waals surface area contributed by atoms with E-state index in [2.05, 4.69) is 22.5 Å². The Kier molecular flexibility index (Phi) is 7.28. The number of rotatable bonds is 7. The van der Waals surface area contributed by atoms with Crippen LogP contribution in [0.5, 0.6) is 0 Å². The highest BCUT2D eigenvalue weighted by molar-refractivity contribution is 5.81. The van der Waals surface area contributed by atoms with Crippen molar-refractivity contribution in [1.82, 2.24) is 15.5 Å². The van der Waals surface area contributed by atoms with Gasteiger partial charge in [-0.3, -0.25) is 9.69 Å². The zero-order chi connectivity index (χ0) is 13.4. The Morgan fingerprint density at radius 3 is 2.56 bits per heavy atom. The molecule has 0 saturated carbocycles. The van der Waals surface area contributed by atoms with Crippen LogP contribution < -0.4 is 10.6 Å². The molecule has 4 nitrogen and oxygen atoms in total. The van der Waals surface area contributed by atoms with E-state index in [4.69, 9.17) is 0 Å². The van der Waals surface area contributed by atoms with E-state index in [9.17, 15) is 4.79 Å². The average molecular weight is 255 g/mol. The lowest BCUT2D eigenvalue weighted by Gasteiger charge is -2.35. The molecule has 4 heteroatoms. The first-order valence-electron chi connectivity index (χ1n) is 7.35. The fourth-order valence-electron chi connectivity index (χ4n) is 2.54. The van der Waals surface area contributed by atoms with Crippen LogP contribution in [0.1, 0.15) is 39.5 Å². The zero-order valence-electron chi connectivity index (χ0n) is 12.2. The summed E-state index contributed by atoms with van der Waals surface area (Å²) >= 11 is 0. The summed E-state index contributed by atoms with van der Waals surface area (Å²) in [5.74, 6) is 1.02. The van der Waals surface area contributed by atoms with E-state index in [-0.39, 0.29) is 11.9 Å². The molecule has 1 aliphatic heterocycles. The summed E-state index contributed by atoms with van der Waals surface area (Å²) in [5.41, 5.74) is 0. The van der Waals surface area contributed by atoms with Gasteiger partial charge in [0, 0.05) is 6.54 Å². The van der Waals surface area contributed by atoms with Crippen LogP contribution >= 0.6 is 0 Å². The van der Waals surface area contributed by atoms with Gasteiger partial charge >= 0.3 is 0 Å². The number of nitrogens with zero attached hydrogens (tertiary/aromatic N) is 1. The second-order valence-electron chi connectivity index (χ2n) is 5.34. The molecule has 1 saturated heterocycles. The lowest BCUT2D eigenvalue weighted by Crippen LogP contribution is -2.48. The molecule has 1 unspecified atom stereocenters. The maximum absolute atomic E-state index is 11.9. The van der Waals surface area contributed by atoms with E-state index >= 15 is 0 Å². The number of piperidine rings is 1. The van der Waals surface area contributed by atoms with E-state index in [0.717, 1.165) is 38.5 Å². The molecule has 1 atom stereocenters. The summed E-state index contributed by atoms with van der Waals surface area (Å²) in [7, 11) is 2.01. The van der Waals surface area contributed by atoms with Crippen molar-refractivity contribution in [2.45, 2.75) is 45.6 Å². The van der Waals surface area contributed by atoms with Crippen LogP contribution in [0.2, 0.25) is 0 Å². The lowest BCUT2D eigenvalue weighted by molar-refractivity contribution is -0.126. The maximum atomic E-state index is 11.9. The fraction of sp³-hybridized carbons (Fsp3) is 0.929. The highest BCUT2D eigenvalue weighted by Crippen LogP contribution is 2.21. The van der Waals surface area contributed by atoms with Crippen LogP contribution in [0, 0.1) is 5.92 Å². The molecule has 1 aliphatic rings. The molecule has 106 valence electrons. The first-order valence-corrected chi connectivity index (χ1v) is 7.35. The molecule has 1 amide bonds. The van der Waals surface area contributed by atoms with Crippen molar-refractivity contribution in [2.75, 3.05) is 33.2 Å². The van der Waals surface area contributed by atoms with Crippen molar-refractivity contribution in [3.05, 3.63) is 0 Å². The van der Waals surface area contributed by atoms with E-state index < -0.39 is 0 Å². The Hall–Kier alpha value is -0.610. The van der Waals surface area contributed by atoms with Crippen molar-refractivity contribution < 1.29 is 4.79 Å². The van der Waals surface area contributed by atoms with Crippen molar-refractivity contribution in [2.24, 2.45) is 5.92 Å². The molecule has 2 N–H and O–H groups in total. The molecule has 0 aromatic carbocycles. The summed E-state index contributed by atoms with van der Waals surface area (Å²) in [5, 5.41) is 6.20. The zero-order valence-corrected chi connectivity index (χ0v) is 12.2. The fourth-order valence-corrected chi connectivity index (χ4v) is 2.54. The number of hydrogen-bond donors (Lipinski definition) is 2. The molecular formula is C14H29N3O. The van der Waals surface area contributed by atoms with Crippen LogP contribution in [0.15, 0.2) is 0 Å². The van der Waals surface area contributed by atoms with Crippen LogP contribution in [-0.2, 0) is 4.79 Å². The topological polar surface area (TPSA) is 44.4 Å². The molecule has 1 fully saturated rings. The lowest BCUT2D eigenvalue weighted by atomic mass is 9.93. The maximum Gasteiger partial charge on any atom is 0.237 e. The van der Waals surface area contributed by atoms with E-state index in [1.165, 1.54) is 19.3 Å². The minimum Gasteiger partial charge on any atom is -0.355 e. The van der Waals surface area contributed by atoms with Gasteiger partial charge in [-0.1, -0.05) is 6.92 Å². The SMILES string of the molecule is CCCNC(=O)C(C)N1CCC(CCNC)CC1. The minimum atomic E-state index is 0.0294. The van der Waals surface area contributed by atoms with Gasteiger partial charge < -0.3 is 10.6 Å². The molecule has 1 heterocycles. The molecule has 0 bridgehead atoms. The number of nitrogens with one attached hydrogen (secondary N) is 2.